The van der Waals surface area contributed by atoms with Crippen molar-refractivity contribution < 1.29 is 19.1 Å². The Hall–Kier alpha value is -2.16. The highest BCUT2D eigenvalue weighted by Crippen LogP contribution is 2.38. The Bertz CT molecular complexity index is 958. The Balaban J connectivity index is 1.80. The van der Waals surface area contributed by atoms with Gasteiger partial charge >= 0.3 is 5.97 Å². The minimum Gasteiger partial charge on any atom is -0.496 e. The van der Waals surface area contributed by atoms with Crippen molar-refractivity contribution in [1.29, 1.82) is 0 Å². The smallest absolute Gasteiger partial charge is 0.341 e. The van der Waals surface area contributed by atoms with E-state index in [9.17, 15) is 9.59 Å². The SMILES string of the molecule is CCOC(=O)c1c(NC(=S)NC(=O)c2cc(Cl)ccc2OC)sc2c1CCCC2. The van der Waals surface area contributed by atoms with Crippen LogP contribution in [0.15, 0.2) is 18.2 Å². The first-order valence-electron chi connectivity index (χ1n) is 9.22. The predicted octanol–water partition coefficient (Wildman–Crippen LogP) is 4.59. The highest BCUT2D eigenvalue weighted by atomic mass is 35.5. The fourth-order valence-corrected chi connectivity index (χ4v) is 4.95. The first-order valence-corrected chi connectivity index (χ1v) is 10.8. The van der Waals surface area contributed by atoms with E-state index in [-0.39, 0.29) is 16.6 Å². The fraction of sp³-hybridized carbons (Fsp3) is 0.350. The van der Waals surface area contributed by atoms with E-state index in [1.165, 1.54) is 24.5 Å². The van der Waals surface area contributed by atoms with Crippen LogP contribution >= 0.6 is 35.2 Å². The summed E-state index contributed by atoms with van der Waals surface area (Å²) in [4.78, 5) is 26.3. The summed E-state index contributed by atoms with van der Waals surface area (Å²) in [5, 5.41) is 6.71. The Kier molecular flexibility index (Phi) is 7.10. The van der Waals surface area contributed by atoms with Crippen LogP contribution in [0.2, 0.25) is 5.02 Å². The Morgan fingerprint density at radius 3 is 2.76 bits per heavy atom. The molecule has 1 heterocycles. The number of rotatable bonds is 5. The Morgan fingerprint density at radius 1 is 1.28 bits per heavy atom. The molecule has 1 aromatic heterocycles. The quantitative estimate of drug-likeness (QED) is 0.510. The summed E-state index contributed by atoms with van der Waals surface area (Å²) in [5.41, 5.74) is 1.80. The molecule has 9 heteroatoms. The third-order valence-electron chi connectivity index (χ3n) is 4.51. The van der Waals surface area contributed by atoms with Gasteiger partial charge in [-0.3, -0.25) is 10.1 Å². The maximum absolute atomic E-state index is 12.6. The first-order chi connectivity index (χ1) is 13.9. The molecule has 0 atom stereocenters. The molecule has 0 saturated heterocycles. The lowest BCUT2D eigenvalue weighted by Crippen LogP contribution is -2.34. The summed E-state index contributed by atoms with van der Waals surface area (Å²) in [6, 6.07) is 4.75. The summed E-state index contributed by atoms with van der Waals surface area (Å²) < 4.78 is 10.4. The lowest BCUT2D eigenvalue weighted by atomic mass is 9.95. The van der Waals surface area contributed by atoms with E-state index in [1.807, 2.05) is 0 Å². The number of anilines is 1. The van der Waals surface area contributed by atoms with Crippen molar-refractivity contribution in [2.45, 2.75) is 32.6 Å². The zero-order chi connectivity index (χ0) is 21.0. The lowest BCUT2D eigenvalue weighted by Gasteiger charge is -2.13. The molecule has 0 saturated carbocycles. The number of benzene rings is 1. The molecular formula is C20H21ClN2O4S2. The second-order valence-electron chi connectivity index (χ2n) is 6.39. The number of methoxy groups -OCH3 is 1. The molecule has 6 nitrogen and oxygen atoms in total. The highest BCUT2D eigenvalue weighted by molar-refractivity contribution is 7.80. The first kappa shape index (κ1) is 21.5. The van der Waals surface area contributed by atoms with E-state index in [1.54, 1.807) is 19.1 Å². The Morgan fingerprint density at radius 2 is 2.03 bits per heavy atom. The molecule has 2 N–H and O–H groups in total. The van der Waals surface area contributed by atoms with E-state index < -0.39 is 5.91 Å². The maximum atomic E-state index is 12.6. The highest BCUT2D eigenvalue weighted by Gasteiger charge is 2.27. The normalized spacial score (nSPS) is 12.7. The number of esters is 1. The molecule has 29 heavy (non-hydrogen) atoms. The van der Waals surface area contributed by atoms with Gasteiger partial charge in [0.15, 0.2) is 5.11 Å². The molecule has 0 spiro atoms. The molecule has 0 aliphatic heterocycles. The molecule has 2 aromatic rings. The number of aryl methyl sites for hydroxylation is 1. The molecule has 1 aliphatic carbocycles. The minimum atomic E-state index is -0.458. The van der Waals surface area contributed by atoms with Crippen LogP contribution < -0.4 is 15.4 Å². The average molecular weight is 453 g/mol. The largest absolute Gasteiger partial charge is 0.496 e. The van der Waals surface area contributed by atoms with Gasteiger partial charge in [0.25, 0.3) is 5.91 Å². The van der Waals surface area contributed by atoms with Crippen molar-refractivity contribution in [3.63, 3.8) is 0 Å². The number of amides is 1. The molecular weight excluding hydrogens is 432 g/mol. The van der Waals surface area contributed by atoms with Crippen molar-refractivity contribution in [1.82, 2.24) is 5.32 Å². The van der Waals surface area contributed by atoms with Crippen molar-refractivity contribution in [3.8, 4) is 5.75 Å². The molecule has 0 radical (unpaired) electrons. The number of carbonyl (C=O) groups excluding carboxylic acids is 2. The molecule has 0 bridgehead atoms. The van der Waals surface area contributed by atoms with E-state index in [2.05, 4.69) is 10.6 Å². The molecule has 1 aromatic carbocycles. The Labute approximate surface area is 183 Å². The number of carbonyl (C=O) groups is 2. The van der Waals surface area contributed by atoms with Gasteiger partial charge in [0.2, 0.25) is 0 Å². The second kappa shape index (κ2) is 9.56. The molecule has 3 rings (SSSR count). The third kappa shape index (κ3) is 4.88. The molecule has 1 aliphatic rings. The van der Waals surface area contributed by atoms with Crippen LogP contribution in [0.1, 0.15) is 50.9 Å². The van der Waals surface area contributed by atoms with Crippen LogP contribution in [0, 0.1) is 0 Å². The summed E-state index contributed by atoms with van der Waals surface area (Å²) in [6.07, 6.45) is 3.88. The van der Waals surface area contributed by atoms with E-state index in [0.717, 1.165) is 36.1 Å². The van der Waals surface area contributed by atoms with Crippen LogP contribution in [-0.4, -0.2) is 30.7 Å². The topological polar surface area (TPSA) is 76.7 Å². The molecule has 154 valence electrons. The van der Waals surface area contributed by atoms with Crippen LogP contribution in [0.4, 0.5) is 5.00 Å². The molecule has 0 fully saturated rings. The van der Waals surface area contributed by atoms with Crippen molar-refractivity contribution >= 4 is 57.1 Å². The van der Waals surface area contributed by atoms with Crippen molar-refractivity contribution in [2.75, 3.05) is 19.0 Å². The van der Waals surface area contributed by atoms with Gasteiger partial charge in [0.05, 0.1) is 24.8 Å². The maximum Gasteiger partial charge on any atom is 0.341 e. The number of thiophene rings is 1. The third-order valence-corrected chi connectivity index (χ3v) is 6.16. The van der Waals surface area contributed by atoms with Gasteiger partial charge < -0.3 is 14.8 Å². The zero-order valence-electron chi connectivity index (χ0n) is 16.1. The van der Waals surface area contributed by atoms with Crippen LogP contribution in [0.25, 0.3) is 0 Å². The monoisotopic (exact) mass is 452 g/mol. The number of fused-ring (bicyclic) bond motifs is 1. The zero-order valence-corrected chi connectivity index (χ0v) is 18.5. The summed E-state index contributed by atoms with van der Waals surface area (Å²) in [5.74, 6) is -0.450. The van der Waals surface area contributed by atoms with Gasteiger partial charge in [-0.25, -0.2) is 4.79 Å². The average Bonchev–Trinajstić information content (AvgIpc) is 3.05. The summed E-state index contributed by atoms with van der Waals surface area (Å²) >= 11 is 12.8. The van der Waals surface area contributed by atoms with Gasteiger partial charge in [-0.2, -0.15) is 0 Å². The number of halogens is 1. The second-order valence-corrected chi connectivity index (χ2v) is 8.34. The predicted molar refractivity (Wildman–Crippen MR) is 119 cm³/mol. The minimum absolute atomic E-state index is 0.0844. The van der Waals surface area contributed by atoms with Crippen LogP contribution in [0.5, 0.6) is 5.75 Å². The molecule has 0 unspecified atom stereocenters. The lowest BCUT2D eigenvalue weighted by molar-refractivity contribution is 0.0526. The standard InChI is InChI=1S/C20H21ClN2O4S2/c1-3-27-19(25)16-12-6-4-5-7-15(12)29-18(16)23-20(28)22-17(24)13-10-11(21)8-9-14(13)26-2/h8-10H,3-7H2,1-2H3,(H2,22,23,24,28). The number of hydrogen-bond acceptors (Lipinski definition) is 6. The van der Waals surface area contributed by atoms with Crippen LogP contribution in [0.3, 0.4) is 0 Å². The van der Waals surface area contributed by atoms with Gasteiger partial charge in [-0.15, -0.1) is 11.3 Å². The van der Waals surface area contributed by atoms with Gasteiger partial charge in [0, 0.05) is 9.90 Å². The molecule has 1 amide bonds. The number of hydrogen-bond donors (Lipinski definition) is 2. The van der Waals surface area contributed by atoms with E-state index >= 15 is 0 Å². The van der Waals surface area contributed by atoms with E-state index in [4.69, 9.17) is 33.3 Å². The van der Waals surface area contributed by atoms with Gasteiger partial charge in [-0.1, -0.05) is 11.6 Å². The summed E-state index contributed by atoms with van der Waals surface area (Å²) in [7, 11) is 1.47. The van der Waals surface area contributed by atoms with Crippen LogP contribution in [-0.2, 0) is 17.6 Å². The van der Waals surface area contributed by atoms with Gasteiger partial charge in [0.1, 0.15) is 10.8 Å². The van der Waals surface area contributed by atoms with Crippen molar-refractivity contribution in [2.24, 2.45) is 0 Å². The number of nitrogens with one attached hydrogen (secondary N) is 2. The van der Waals surface area contributed by atoms with Crippen molar-refractivity contribution in [3.05, 3.63) is 44.8 Å². The number of ether oxygens (including phenoxy) is 2. The number of thiocarbonyl (C=S) groups is 1. The fourth-order valence-electron chi connectivity index (χ4n) is 3.24. The van der Waals surface area contributed by atoms with E-state index in [0.29, 0.717) is 27.9 Å². The van der Waals surface area contributed by atoms with Gasteiger partial charge in [-0.05, 0) is 68.6 Å². The summed E-state index contributed by atoms with van der Waals surface area (Å²) in [6.45, 7) is 2.06.